The normalized spacial score (nSPS) is 16.7. The number of morpholine rings is 1. The molecular formula is C19H23N3O4. The van der Waals surface area contributed by atoms with Gasteiger partial charge < -0.3 is 24.8 Å². The third-order valence-electron chi connectivity index (χ3n) is 3.98. The highest BCUT2D eigenvalue weighted by atomic mass is 16.5. The Morgan fingerprint density at radius 2 is 2.23 bits per heavy atom. The molecule has 1 aliphatic heterocycles. The second-order valence-electron chi connectivity index (χ2n) is 5.99. The lowest BCUT2D eigenvalue weighted by molar-refractivity contribution is -0.122. The van der Waals surface area contributed by atoms with Crippen molar-refractivity contribution in [2.75, 3.05) is 26.9 Å². The predicted octanol–water partition coefficient (Wildman–Crippen LogP) is 1.88. The van der Waals surface area contributed by atoms with E-state index in [4.69, 9.17) is 14.2 Å². The Bertz CT molecular complexity index is 715. The second-order valence-corrected chi connectivity index (χ2v) is 5.99. The summed E-state index contributed by atoms with van der Waals surface area (Å²) in [5.74, 6) is 1.85. The SMILES string of the molecule is COc1cccc(Oc2ccc(CNC(=O)CC3COCCN3)cn2)c1. The van der Waals surface area contributed by atoms with Gasteiger partial charge >= 0.3 is 0 Å². The predicted molar refractivity (Wildman–Crippen MR) is 96.4 cm³/mol. The molecule has 0 saturated carbocycles. The van der Waals surface area contributed by atoms with Gasteiger partial charge in [-0.25, -0.2) is 4.98 Å². The van der Waals surface area contributed by atoms with Crippen LogP contribution in [0, 0.1) is 0 Å². The monoisotopic (exact) mass is 357 g/mol. The summed E-state index contributed by atoms with van der Waals surface area (Å²) in [7, 11) is 1.61. The van der Waals surface area contributed by atoms with E-state index >= 15 is 0 Å². The molecule has 1 unspecified atom stereocenters. The maximum absolute atomic E-state index is 12.0. The lowest BCUT2D eigenvalue weighted by Gasteiger charge is -2.23. The van der Waals surface area contributed by atoms with Gasteiger partial charge in [-0.3, -0.25) is 4.79 Å². The average molecular weight is 357 g/mol. The van der Waals surface area contributed by atoms with E-state index < -0.39 is 0 Å². The van der Waals surface area contributed by atoms with Crippen molar-refractivity contribution in [3.8, 4) is 17.4 Å². The van der Waals surface area contributed by atoms with Crippen molar-refractivity contribution in [2.45, 2.75) is 19.0 Å². The molecular weight excluding hydrogens is 334 g/mol. The van der Waals surface area contributed by atoms with Gasteiger partial charge in [-0.15, -0.1) is 0 Å². The number of nitrogens with zero attached hydrogens (tertiary/aromatic N) is 1. The number of nitrogens with one attached hydrogen (secondary N) is 2. The minimum absolute atomic E-state index is 0.00953. The Morgan fingerprint density at radius 3 is 2.96 bits per heavy atom. The number of aromatic nitrogens is 1. The Morgan fingerprint density at radius 1 is 1.35 bits per heavy atom. The van der Waals surface area contributed by atoms with Crippen LogP contribution < -0.4 is 20.1 Å². The molecule has 2 heterocycles. The topological polar surface area (TPSA) is 81.7 Å². The number of benzene rings is 1. The quantitative estimate of drug-likeness (QED) is 0.787. The van der Waals surface area contributed by atoms with Crippen LogP contribution in [-0.4, -0.2) is 43.8 Å². The molecule has 1 atom stereocenters. The van der Waals surface area contributed by atoms with Gasteiger partial charge in [0, 0.05) is 43.9 Å². The third kappa shape index (κ3) is 5.44. The highest BCUT2D eigenvalue weighted by Crippen LogP contribution is 2.23. The maximum Gasteiger partial charge on any atom is 0.221 e. The van der Waals surface area contributed by atoms with Crippen molar-refractivity contribution in [3.63, 3.8) is 0 Å². The minimum atomic E-state index is -0.00953. The molecule has 0 spiro atoms. The molecule has 0 radical (unpaired) electrons. The fourth-order valence-electron chi connectivity index (χ4n) is 2.61. The minimum Gasteiger partial charge on any atom is -0.497 e. The fourth-order valence-corrected chi connectivity index (χ4v) is 2.61. The van der Waals surface area contributed by atoms with Crippen molar-refractivity contribution in [3.05, 3.63) is 48.2 Å². The average Bonchev–Trinajstić information content (AvgIpc) is 2.68. The van der Waals surface area contributed by atoms with Crippen molar-refractivity contribution in [1.29, 1.82) is 0 Å². The van der Waals surface area contributed by atoms with Crippen molar-refractivity contribution in [1.82, 2.24) is 15.6 Å². The standard InChI is InChI=1S/C19H23N3O4/c1-24-16-3-2-4-17(10-16)26-19-6-5-14(12-22-19)11-21-18(23)9-15-13-25-8-7-20-15/h2-6,10,12,15,20H,7-9,11,13H2,1H3,(H,21,23). The first kappa shape index (κ1) is 18.2. The van der Waals surface area contributed by atoms with E-state index in [-0.39, 0.29) is 11.9 Å². The summed E-state index contributed by atoms with van der Waals surface area (Å²) in [5.41, 5.74) is 0.907. The zero-order valence-corrected chi connectivity index (χ0v) is 14.7. The molecule has 3 rings (SSSR count). The molecule has 138 valence electrons. The van der Waals surface area contributed by atoms with Gasteiger partial charge in [0.25, 0.3) is 0 Å². The molecule has 7 heteroatoms. The van der Waals surface area contributed by atoms with Crippen LogP contribution in [0.3, 0.4) is 0 Å². The molecule has 26 heavy (non-hydrogen) atoms. The first-order valence-electron chi connectivity index (χ1n) is 8.57. The van der Waals surface area contributed by atoms with Gasteiger partial charge in [-0.1, -0.05) is 12.1 Å². The maximum atomic E-state index is 12.0. The summed E-state index contributed by atoms with van der Waals surface area (Å²) in [6, 6.07) is 11.1. The molecule has 1 fully saturated rings. The van der Waals surface area contributed by atoms with Gasteiger partial charge in [0.05, 0.1) is 20.3 Å². The van der Waals surface area contributed by atoms with E-state index in [1.807, 2.05) is 24.3 Å². The zero-order valence-electron chi connectivity index (χ0n) is 14.7. The second kappa shape index (κ2) is 9.17. The number of hydrogen-bond acceptors (Lipinski definition) is 6. The lowest BCUT2D eigenvalue weighted by Crippen LogP contribution is -2.44. The highest BCUT2D eigenvalue weighted by molar-refractivity contribution is 5.76. The number of methoxy groups -OCH3 is 1. The third-order valence-corrected chi connectivity index (χ3v) is 3.98. The zero-order chi connectivity index (χ0) is 18.2. The van der Waals surface area contributed by atoms with Gasteiger partial charge in [-0.05, 0) is 17.7 Å². The van der Waals surface area contributed by atoms with Crippen molar-refractivity contribution >= 4 is 5.91 Å². The Kier molecular flexibility index (Phi) is 6.40. The van der Waals surface area contributed by atoms with Gasteiger partial charge in [0.15, 0.2) is 0 Å². The number of rotatable bonds is 7. The van der Waals surface area contributed by atoms with Gasteiger partial charge in [-0.2, -0.15) is 0 Å². The summed E-state index contributed by atoms with van der Waals surface area (Å²) in [6.45, 7) is 2.49. The van der Waals surface area contributed by atoms with Gasteiger partial charge in [0.1, 0.15) is 11.5 Å². The molecule has 1 aliphatic rings. The summed E-state index contributed by atoms with van der Waals surface area (Å²) in [6.07, 6.45) is 2.10. The van der Waals surface area contributed by atoms with E-state index in [9.17, 15) is 4.79 Å². The van der Waals surface area contributed by atoms with E-state index in [1.165, 1.54) is 0 Å². The van der Waals surface area contributed by atoms with E-state index in [0.717, 1.165) is 17.9 Å². The number of amides is 1. The van der Waals surface area contributed by atoms with Crippen LogP contribution in [0.1, 0.15) is 12.0 Å². The molecule has 0 aliphatic carbocycles. The molecule has 2 aromatic rings. The molecule has 1 aromatic heterocycles. The summed E-state index contributed by atoms with van der Waals surface area (Å²) >= 11 is 0. The molecule has 2 N–H and O–H groups in total. The summed E-state index contributed by atoms with van der Waals surface area (Å²) < 4.78 is 16.2. The Labute approximate surface area is 152 Å². The van der Waals surface area contributed by atoms with E-state index in [1.54, 1.807) is 25.4 Å². The first-order chi connectivity index (χ1) is 12.7. The van der Waals surface area contributed by atoms with Crippen LogP contribution in [0.2, 0.25) is 0 Å². The van der Waals surface area contributed by atoms with Crippen molar-refractivity contribution in [2.24, 2.45) is 0 Å². The summed E-state index contributed by atoms with van der Waals surface area (Å²) in [4.78, 5) is 16.3. The molecule has 1 saturated heterocycles. The van der Waals surface area contributed by atoms with E-state index in [2.05, 4.69) is 15.6 Å². The molecule has 7 nitrogen and oxygen atoms in total. The largest absolute Gasteiger partial charge is 0.497 e. The van der Waals surface area contributed by atoms with Crippen LogP contribution in [-0.2, 0) is 16.1 Å². The number of ether oxygens (including phenoxy) is 3. The highest BCUT2D eigenvalue weighted by Gasteiger charge is 2.16. The fraction of sp³-hybridized carbons (Fsp3) is 0.368. The van der Waals surface area contributed by atoms with Crippen molar-refractivity contribution < 1.29 is 19.0 Å². The molecule has 0 bridgehead atoms. The smallest absolute Gasteiger partial charge is 0.221 e. The summed E-state index contributed by atoms with van der Waals surface area (Å²) in [5, 5.41) is 6.16. The number of carbonyl (C=O) groups excluding carboxylic acids is 1. The number of hydrogen-bond donors (Lipinski definition) is 2. The lowest BCUT2D eigenvalue weighted by atomic mass is 10.2. The van der Waals surface area contributed by atoms with Crippen LogP contribution >= 0.6 is 0 Å². The van der Waals surface area contributed by atoms with Gasteiger partial charge in [0.2, 0.25) is 11.8 Å². The van der Waals surface area contributed by atoms with Crippen LogP contribution in [0.25, 0.3) is 0 Å². The molecule has 1 amide bonds. The Balaban J connectivity index is 1.47. The van der Waals surface area contributed by atoms with Crippen LogP contribution in [0.15, 0.2) is 42.6 Å². The number of pyridine rings is 1. The van der Waals surface area contributed by atoms with E-state index in [0.29, 0.717) is 37.8 Å². The molecule has 1 aromatic carbocycles. The first-order valence-corrected chi connectivity index (χ1v) is 8.57. The Hall–Kier alpha value is -2.64. The number of carbonyl (C=O) groups is 1. The van der Waals surface area contributed by atoms with Crippen LogP contribution in [0.4, 0.5) is 0 Å². The van der Waals surface area contributed by atoms with Crippen LogP contribution in [0.5, 0.6) is 17.4 Å².